The van der Waals surface area contributed by atoms with Gasteiger partial charge in [0.15, 0.2) is 6.61 Å². The molecule has 0 heterocycles. The van der Waals surface area contributed by atoms with E-state index in [1.807, 2.05) is 24.3 Å². The Labute approximate surface area is 115 Å². The van der Waals surface area contributed by atoms with Gasteiger partial charge in [0.1, 0.15) is 11.8 Å². The van der Waals surface area contributed by atoms with Gasteiger partial charge in [0.2, 0.25) is 0 Å². The zero-order chi connectivity index (χ0) is 13.7. The monoisotopic (exact) mass is 258 g/mol. The molecule has 1 unspecified atom stereocenters. The van der Waals surface area contributed by atoms with Crippen molar-refractivity contribution in [3.8, 4) is 11.8 Å². The van der Waals surface area contributed by atoms with Crippen molar-refractivity contribution >= 4 is 5.69 Å². The molecule has 1 aliphatic carbocycles. The number of rotatable bonds is 4. The van der Waals surface area contributed by atoms with Crippen molar-refractivity contribution in [2.24, 2.45) is 5.41 Å². The quantitative estimate of drug-likeness (QED) is 0.888. The van der Waals surface area contributed by atoms with Gasteiger partial charge in [-0.2, -0.15) is 5.26 Å². The van der Waals surface area contributed by atoms with E-state index in [4.69, 9.17) is 10.00 Å². The summed E-state index contributed by atoms with van der Waals surface area (Å²) in [6.45, 7) is 4.78. The van der Waals surface area contributed by atoms with Crippen LogP contribution >= 0.6 is 0 Å². The van der Waals surface area contributed by atoms with Crippen molar-refractivity contribution in [3.63, 3.8) is 0 Å². The fourth-order valence-electron chi connectivity index (χ4n) is 2.85. The van der Waals surface area contributed by atoms with Crippen LogP contribution in [0.3, 0.4) is 0 Å². The highest BCUT2D eigenvalue weighted by Gasteiger charge is 2.27. The van der Waals surface area contributed by atoms with Gasteiger partial charge in [0.05, 0.1) is 0 Å². The predicted octanol–water partition coefficient (Wildman–Crippen LogP) is 3.97. The van der Waals surface area contributed by atoms with E-state index in [0.29, 0.717) is 11.5 Å². The van der Waals surface area contributed by atoms with Crippen LogP contribution in [-0.4, -0.2) is 12.6 Å². The largest absolute Gasteiger partial charge is 0.479 e. The minimum atomic E-state index is 0.0971. The molecule has 0 saturated heterocycles. The SMILES string of the molecule is CC1(C)CCCC(Nc2cccc(OCC#N)c2)C1. The van der Waals surface area contributed by atoms with Crippen molar-refractivity contribution in [1.29, 1.82) is 5.26 Å². The lowest BCUT2D eigenvalue weighted by Gasteiger charge is -2.36. The summed E-state index contributed by atoms with van der Waals surface area (Å²) in [5.74, 6) is 0.751. The van der Waals surface area contributed by atoms with Crippen LogP contribution in [0.5, 0.6) is 5.75 Å². The van der Waals surface area contributed by atoms with Crippen LogP contribution in [0.15, 0.2) is 24.3 Å². The third kappa shape index (κ3) is 4.17. The highest BCUT2D eigenvalue weighted by molar-refractivity contribution is 5.49. The van der Waals surface area contributed by atoms with E-state index < -0.39 is 0 Å². The molecule has 3 nitrogen and oxygen atoms in total. The van der Waals surface area contributed by atoms with Crippen LogP contribution in [-0.2, 0) is 0 Å². The Morgan fingerprint density at radius 2 is 2.32 bits per heavy atom. The lowest BCUT2D eigenvalue weighted by Crippen LogP contribution is -2.31. The van der Waals surface area contributed by atoms with Gasteiger partial charge in [-0.15, -0.1) is 0 Å². The molecule has 0 aromatic heterocycles. The van der Waals surface area contributed by atoms with E-state index in [1.165, 1.54) is 25.7 Å². The molecule has 1 aliphatic rings. The molecule has 0 amide bonds. The number of nitriles is 1. The summed E-state index contributed by atoms with van der Waals surface area (Å²) in [5.41, 5.74) is 1.52. The molecule has 0 spiro atoms. The first-order valence-electron chi connectivity index (χ1n) is 6.95. The van der Waals surface area contributed by atoms with E-state index in [1.54, 1.807) is 0 Å². The maximum absolute atomic E-state index is 8.52. The van der Waals surface area contributed by atoms with Crippen molar-refractivity contribution in [1.82, 2.24) is 0 Å². The molecule has 0 radical (unpaired) electrons. The Kier molecular flexibility index (Phi) is 4.31. The zero-order valence-electron chi connectivity index (χ0n) is 11.8. The maximum atomic E-state index is 8.52. The lowest BCUT2D eigenvalue weighted by atomic mass is 9.75. The average molecular weight is 258 g/mol. The minimum Gasteiger partial charge on any atom is -0.479 e. The van der Waals surface area contributed by atoms with Crippen molar-refractivity contribution < 1.29 is 4.74 Å². The van der Waals surface area contributed by atoms with E-state index >= 15 is 0 Å². The Morgan fingerprint density at radius 1 is 1.47 bits per heavy atom. The zero-order valence-corrected chi connectivity index (χ0v) is 11.8. The molecule has 19 heavy (non-hydrogen) atoms. The molecule has 0 bridgehead atoms. The summed E-state index contributed by atoms with van der Waals surface area (Å²) in [6.07, 6.45) is 5.04. The normalized spacial score (nSPS) is 21.4. The summed E-state index contributed by atoms with van der Waals surface area (Å²) >= 11 is 0. The van der Waals surface area contributed by atoms with Gasteiger partial charge in [-0.25, -0.2) is 0 Å². The van der Waals surface area contributed by atoms with Gasteiger partial charge in [-0.3, -0.25) is 0 Å². The molecule has 3 heteroatoms. The summed E-state index contributed by atoms with van der Waals surface area (Å²) in [5, 5.41) is 12.1. The van der Waals surface area contributed by atoms with Crippen LogP contribution in [0, 0.1) is 16.7 Å². The Hall–Kier alpha value is -1.69. The van der Waals surface area contributed by atoms with Gasteiger partial charge in [0.25, 0.3) is 0 Å². The molecule has 1 aromatic carbocycles. The first-order chi connectivity index (χ1) is 9.09. The molecular weight excluding hydrogens is 236 g/mol. The van der Waals surface area contributed by atoms with Crippen LogP contribution in [0.2, 0.25) is 0 Å². The van der Waals surface area contributed by atoms with Crippen molar-refractivity contribution in [2.45, 2.75) is 45.6 Å². The summed E-state index contributed by atoms with van der Waals surface area (Å²) in [4.78, 5) is 0. The predicted molar refractivity (Wildman–Crippen MR) is 77.2 cm³/mol. The van der Waals surface area contributed by atoms with Gasteiger partial charge in [-0.1, -0.05) is 26.3 Å². The second kappa shape index (κ2) is 5.97. The molecule has 1 N–H and O–H groups in total. The number of nitrogens with zero attached hydrogens (tertiary/aromatic N) is 1. The summed E-state index contributed by atoms with van der Waals surface area (Å²) < 4.78 is 5.32. The molecule has 2 rings (SSSR count). The van der Waals surface area contributed by atoms with Gasteiger partial charge >= 0.3 is 0 Å². The molecule has 1 saturated carbocycles. The van der Waals surface area contributed by atoms with Crippen LogP contribution in [0.1, 0.15) is 39.5 Å². The number of hydrogen-bond donors (Lipinski definition) is 1. The summed E-state index contributed by atoms with van der Waals surface area (Å²) in [6, 6.07) is 10.4. The molecule has 1 aromatic rings. The van der Waals surface area contributed by atoms with Crippen LogP contribution in [0.4, 0.5) is 5.69 Å². The highest BCUT2D eigenvalue weighted by Crippen LogP contribution is 2.36. The first kappa shape index (κ1) is 13.7. The first-order valence-corrected chi connectivity index (χ1v) is 6.95. The second-order valence-electron chi connectivity index (χ2n) is 6.08. The molecule has 1 atom stereocenters. The topological polar surface area (TPSA) is 45.0 Å². The van der Waals surface area contributed by atoms with Gasteiger partial charge < -0.3 is 10.1 Å². The van der Waals surface area contributed by atoms with E-state index in [2.05, 4.69) is 25.2 Å². The van der Waals surface area contributed by atoms with Crippen molar-refractivity contribution in [2.75, 3.05) is 11.9 Å². The van der Waals surface area contributed by atoms with Gasteiger partial charge in [-0.05, 0) is 36.8 Å². The maximum Gasteiger partial charge on any atom is 0.174 e. The Bertz CT molecular complexity index is 462. The molecular formula is C16H22N2O. The number of ether oxygens (including phenoxy) is 1. The number of nitrogens with one attached hydrogen (secondary N) is 1. The third-order valence-corrected chi connectivity index (χ3v) is 3.71. The van der Waals surface area contributed by atoms with Crippen molar-refractivity contribution in [3.05, 3.63) is 24.3 Å². The fraction of sp³-hybridized carbons (Fsp3) is 0.562. The average Bonchev–Trinajstić information content (AvgIpc) is 2.35. The second-order valence-corrected chi connectivity index (χ2v) is 6.08. The third-order valence-electron chi connectivity index (χ3n) is 3.71. The fourth-order valence-corrected chi connectivity index (χ4v) is 2.85. The molecule has 0 aliphatic heterocycles. The Balaban J connectivity index is 1.97. The number of benzene rings is 1. The van der Waals surface area contributed by atoms with Gasteiger partial charge in [0, 0.05) is 17.8 Å². The number of hydrogen-bond acceptors (Lipinski definition) is 3. The standard InChI is InChI=1S/C16H22N2O/c1-16(2)8-4-6-14(12-16)18-13-5-3-7-15(11-13)19-10-9-17/h3,5,7,11,14,18H,4,6,8,10,12H2,1-2H3. The Morgan fingerprint density at radius 3 is 3.05 bits per heavy atom. The minimum absolute atomic E-state index is 0.0971. The van der Waals surface area contributed by atoms with E-state index in [9.17, 15) is 0 Å². The highest BCUT2D eigenvalue weighted by atomic mass is 16.5. The number of anilines is 1. The van der Waals surface area contributed by atoms with E-state index in [0.717, 1.165) is 11.4 Å². The summed E-state index contributed by atoms with van der Waals surface area (Å²) in [7, 11) is 0. The van der Waals surface area contributed by atoms with E-state index in [-0.39, 0.29) is 6.61 Å². The van der Waals surface area contributed by atoms with Crippen LogP contribution < -0.4 is 10.1 Å². The molecule has 102 valence electrons. The lowest BCUT2D eigenvalue weighted by molar-refractivity contribution is 0.229. The van der Waals surface area contributed by atoms with Crippen LogP contribution in [0.25, 0.3) is 0 Å². The smallest absolute Gasteiger partial charge is 0.174 e. The molecule has 1 fully saturated rings.